The molecule has 0 aliphatic heterocycles. The molecule has 3 aliphatic rings. The number of carbonyl (C=O) groups excluding carboxylic acids is 1. The van der Waals surface area contributed by atoms with Crippen LogP contribution in [-0.2, 0) is 0 Å². The van der Waals surface area contributed by atoms with Crippen molar-refractivity contribution in [1.82, 2.24) is 10.3 Å². The number of benzene rings is 1. The number of nitrogens with zero attached hydrogens (tertiary/aromatic N) is 1. The first-order valence-electron chi connectivity index (χ1n) is 10.3. The van der Waals surface area contributed by atoms with E-state index in [0.29, 0.717) is 5.41 Å². The summed E-state index contributed by atoms with van der Waals surface area (Å²) in [5, 5.41) is 6.48. The highest BCUT2D eigenvalue weighted by Crippen LogP contribution is 2.52. The third kappa shape index (κ3) is 3.32. The molecule has 5 heteroatoms. The summed E-state index contributed by atoms with van der Waals surface area (Å²) in [5.74, 6) is 0.0521. The molecular formula is C24H25BrN2OS. The average molecular weight is 469 g/mol. The van der Waals surface area contributed by atoms with Gasteiger partial charge in [0.15, 0.2) is 0 Å². The molecule has 2 aromatic heterocycles. The Morgan fingerprint density at radius 1 is 1.14 bits per heavy atom. The van der Waals surface area contributed by atoms with E-state index in [4.69, 9.17) is 4.98 Å². The summed E-state index contributed by atoms with van der Waals surface area (Å²) in [6.45, 7) is 4.44. The minimum atomic E-state index is -0.0357. The molecule has 1 amide bonds. The lowest BCUT2D eigenvalue weighted by molar-refractivity contribution is 0.0339. The van der Waals surface area contributed by atoms with Crippen LogP contribution < -0.4 is 5.32 Å². The van der Waals surface area contributed by atoms with Crippen LogP contribution in [0.3, 0.4) is 0 Å². The predicted molar refractivity (Wildman–Crippen MR) is 123 cm³/mol. The minimum Gasteiger partial charge on any atom is -0.347 e. The molecule has 3 aliphatic carbocycles. The number of amides is 1. The van der Waals surface area contributed by atoms with Gasteiger partial charge < -0.3 is 5.32 Å². The van der Waals surface area contributed by atoms with Gasteiger partial charge in [-0.05, 0) is 86.1 Å². The van der Waals surface area contributed by atoms with Crippen LogP contribution >= 0.6 is 27.3 Å². The van der Waals surface area contributed by atoms with E-state index in [9.17, 15) is 4.79 Å². The normalized spacial score (nSPS) is 26.0. The van der Waals surface area contributed by atoms with Gasteiger partial charge in [0.2, 0.25) is 0 Å². The Balaban J connectivity index is 1.60. The highest BCUT2D eigenvalue weighted by molar-refractivity contribution is 9.10. The van der Waals surface area contributed by atoms with E-state index < -0.39 is 0 Å². The van der Waals surface area contributed by atoms with E-state index in [1.54, 1.807) is 11.3 Å². The smallest absolute Gasteiger partial charge is 0.252 e. The molecule has 150 valence electrons. The van der Waals surface area contributed by atoms with Crippen molar-refractivity contribution in [3.8, 4) is 10.6 Å². The van der Waals surface area contributed by atoms with Crippen molar-refractivity contribution in [3.63, 3.8) is 0 Å². The number of rotatable bonds is 3. The summed E-state index contributed by atoms with van der Waals surface area (Å²) in [6, 6.07) is 10.1. The molecule has 6 rings (SSSR count). The molecule has 3 aromatic rings. The maximum Gasteiger partial charge on any atom is 0.252 e. The number of fused-ring (bicyclic) bond motifs is 4. The van der Waals surface area contributed by atoms with Gasteiger partial charge in [0.05, 0.1) is 21.7 Å². The molecule has 3 nitrogen and oxygen atoms in total. The van der Waals surface area contributed by atoms with E-state index in [0.717, 1.165) is 56.3 Å². The van der Waals surface area contributed by atoms with E-state index in [-0.39, 0.29) is 11.4 Å². The standard InChI is InChI=1S/C24H25BrN2OS/c1-15-20(22(28)27-24-10-7-23(2,8-11-24)9-12-24)17-14-16(25)5-6-18(17)26-21(15)19-4-3-13-29-19/h3-6,13-14H,7-12H2,1-2H3,(H,27,28). The second-order valence-electron chi connectivity index (χ2n) is 9.14. The van der Waals surface area contributed by atoms with Gasteiger partial charge in [0.25, 0.3) is 5.91 Å². The number of carbonyl (C=O) groups is 1. The third-order valence-corrected chi connectivity index (χ3v) is 8.54. The van der Waals surface area contributed by atoms with Gasteiger partial charge in [-0.3, -0.25) is 4.79 Å². The quantitative estimate of drug-likeness (QED) is 0.455. The van der Waals surface area contributed by atoms with Crippen molar-refractivity contribution < 1.29 is 4.79 Å². The van der Waals surface area contributed by atoms with Gasteiger partial charge in [0, 0.05) is 15.4 Å². The molecule has 1 N–H and O–H groups in total. The Morgan fingerprint density at radius 2 is 1.86 bits per heavy atom. The molecule has 2 bridgehead atoms. The third-order valence-electron chi connectivity index (χ3n) is 7.17. The van der Waals surface area contributed by atoms with E-state index in [1.165, 1.54) is 19.3 Å². The van der Waals surface area contributed by atoms with Gasteiger partial charge >= 0.3 is 0 Å². The second-order valence-corrected chi connectivity index (χ2v) is 11.0. The van der Waals surface area contributed by atoms with Gasteiger partial charge in [-0.25, -0.2) is 4.98 Å². The summed E-state index contributed by atoms with van der Waals surface area (Å²) in [6.07, 6.45) is 6.94. The van der Waals surface area contributed by atoms with Crippen LogP contribution in [0, 0.1) is 12.3 Å². The summed E-state index contributed by atoms with van der Waals surface area (Å²) < 4.78 is 0.966. The van der Waals surface area contributed by atoms with Crippen molar-refractivity contribution in [3.05, 3.63) is 51.3 Å². The monoisotopic (exact) mass is 468 g/mol. The first kappa shape index (κ1) is 19.3. The Bertz CT molecular complexity index is 1080. The first-order chi connectivity index (χ1) is 13.9. The molecule has 3 saturated carbocycles. The first-order valence-corrected chi connectivity index (χ1v) is 12.0. The Kier molecular flexibility index (Phi) is 4.59. The van der Waals surface area contributed by atoms with Gasteiger partial charge in [0.1, 0.15) is 0 Å². The van der Waals surface area contributed by atoms with Crippen LogP contribution in [0.5, 0.6) is 0 Å². The molecule has 1 aromatic carbocycles. The number of aromatic nitrogens is 1. The average Bonchev–Trinajstić information content (AvgIpc) is 3.23. The number of hydrogen-bond donors (Lipinski definition) is 1. The topological polar surface area (TPSA) is 42.0 Å². The zero-order valence-corrected chi connectivity index (χ0v) is 19.3. The van der Waals surface area contributed by atoms with Crippen molar-refractivity contribution in [2.24, 2.45) is 5.41 Å². The molecule has 0 atom stereocenters. The highest BCUT2D eigenvalue weighted by Gasteiger charge is 2.47. The van der Waals surface area contributed by atoms with Crippen LogP contribution in [-0.4, -0.2) is 16.4 Å². The fourth-order valence-corrected chi connectivity index (χ4v) is 6.27. The summed E-state index contributed by atoms with van der Waals surface area (Å²) in [7, 11) is 0. The fourth-order valence-electron chi connectivity index (χ4n) is 5.14. The molecule has 0 radical (unpaired) electrons. The van der Waals surface area contributed by atoms with Gasteiger partial charge in [-0.1, -0.05) is 28.9 Å². The maximum atomic E-state index is 13.7. The lowest BCUT2D eigenvalue weighted by Gasteiger charge is -2.52. The van der Waals surface area contributed by atoms with E-state index in [2.05, 4.69) is 39.6 Å². The number of hydrogen-bond acceptors (Lipinski definition) is 3. The zero-order valence-electron chi connectivity index (χ0n) is 16.8. The molecule has 0 unspecified atom stereocenters. The van der Waals surface area contributed by atoms with Crippen molar-refractivity contribution in [2.75, 3.05) is 0 Å². The van der Waals surface area contributed by atoms with Crippen LogP contribution in [0.2, 0.25) is 0 Å². The molecule has 3 fully saturated rings. The fraction of sp³-hybridized carbons (Fsp3) is 0.417. The molecule has 0 spiro atoms. The molecule has 0 saturated heterocycles. The Labute approximate surface area is 184 Å². The van der Waals surface area contributed by atoms with E-state index in [1.807, 2.05) is 31.2 Å². The van der Waals surface area contributed by atoms with Crippen LogP contribution in [0.4, 0.5) is 0 Å². The van der Waals surface area contributed by atoms with Crippen molar-refractivity contribution in [2.45, 2.75) is 57.9 Å². The number of thiophene rings is 1. The molecule has 2 heterocycles. The summed E-state index contributed by atoms with van der Waals surface area (Å²) in [4.78, 5) is 19.7. The molecular weight excluding hydrogens is 444 g/mol. The predicted octanol–water partition coefficient (Wildman–Crippen LogP) is 6.88. The summed E-state index contributed by atoms with van der Waals surface area (Å²) >= 11 is 5.24. The van der Waals surface area contributed by atoms with Crippen LogP contribution in [0.1, 0.15) is 61.4 Å². The molecule has 29 heavy (non-hydrogen) atoms. The Hall–Kier alpha value is -1.72. The lowest BCUT2D eigenvalue weighted by atomic mass is 9.58. The Morgan fingerprint density at radius 3 is 2.52 bits per heavy atom. The highest BCUT2D eigenvalue weighted by atomic mass is 79.9. The van der Waals surface area contributed by atoms with Crippen molar-refractivity contribution in [1.29, 1.82) is 0 Å². The van der Waals surface area contributed by atoms with Crippen LogP contribution in [0.25, 0.3) is 21.5 Å². The number of nitrogens with one attached hydrogen (secondary N) is 1. The zero-order chi connectivity index (χ0) is 20.2. The lowest BCUT2D eigenvalue weighted by Crippen LogP contribution is -2.56. The number of pyridine rings is 1. The van der Waals surface area contributed by atoms with E-state index >= 15 is 0 Å². The van der Waals surface area contributed by atoms with Crippen molar-refractivity contribution >= 4 is 44.1 Å². The second kappa shape index (κ2) is 6.92. The SMILES string of the molecule is Cc1c(-c2cccs2)nc2ccc(Br)cc2c1C(=O)NC12CCC(C)(CC1)CC2. The number of halogens is 1. The van der Waals surface area contributed by atoms with Gasteiger partial charge in [-0.15, -0.1) is 11.3 Å². The maximum absolute atomic E-state index is 13.7. The minimum absolute atomic E-state index is 0.0357. The van der Waals surface area contributed by atoms with Gasteiger partial charge in [-0.2, -0.15) is 0 Å². The largest absolute Gasteiger partial charge is 0.347 e. The van der Waals surface area contributed by atoms with Crippen LogP contribution in [0.15, 0.2) is 40.2 Å². The summed E-state index contributed by atoms with van der Waals surface area (Å²) in [5.41, 5.74) is 3.97.